The van der Waals surface area contributed by atoms with Crippen LogP contribution in [0.3, 0.4) is 0 Å². The number of nitrogen functional groups attached to an aromatic ring is 1. The minimum atomic E-state index is 0.760. The lowest BCUT2D eigenvalue weighted by Crippen LogP contribution is -1.86. The first-order chi connectivity index (χ1) is 4.33. The molecule has 0 aromatic heterocycles. The number of nitrogens with two attached hydrogens (primary N) is 1. The summed E-state index contributed by atoms with van der Waals surface area (Å²) in [5.41, 5.74) is 6.19. The van der Waals surface area contributed by atoms with Crippen LogP contribution in [0.4, 0.5) is 5.69 Å². The molecule has 0 aliphatic heterocycles. The van der Waals surface area contributed by atoms with Crippen LogP contribution in [-0.2, 0) is 0 Å². The van der Waals surface area contributed by atoms with Gasteiger partial charge in [-0.05, 0) is 24.3 Å². The predicted octanol–water partition coefficient (Wildman–Crippen LogP) is 0.196. The summed E-state index contributed by atoms with van der Waals surface area (Å²) in [6.07, 6.45) is 0. The average Bonchev–Trinajstić information content (AvgIpc) is 1.90. The lowest BCUT2D eigenvalue weighted by Gasteiger charge is -1.98. The van der Waals surface area contributed by atoms with Crippen molar-refractivity contribution in [3.63, 3.8) is 0 Å². The molecule has 0 radical (unpaired) electrons. The van der Waals surface area contributed by atoms with Crippen LogP contribution in [0.25, 0.3) is 0 Å². The van der Waals surface area contributed by atoms with Crippen LogP contribution in [0, 0.1) is 0 Å². The Bertz CT molecular complexity index is 185. The largest absolute Gasteiger partial charge is 0.568 e. The van der Waals surface area contributed by atoms with Gasteiger partial charge in [0.05, 0.1) is 5.75 Å². The molecule has 0 amide bonds. The van der Waals surface area contributed by atoms with E-state index in [4.69, 9.17) is 10.4 Å². The first kappa shape index (κ1) is 6.01. The standard InChI is InChI=1S/C6H8BNO/c7-9-6-3-1-5(8)2-4-6/h1-4H,7-8H2. The van der Waals surface area contributed by atoms with Gasteiger partial charge in [-0.25, -0.2) is 0 Å². The summed E-state index contributed by atoms with van der Waals surface area (Å²) in [5, 5.41) is 0. The van der Waals surface area contributed by atoms with Crippen molar-refractivity contribution in [3.8, 4) is 5.75 Å². The Balaban J connectivity index is 2.88. The van der Waals surface area contributed by atoms with Gasteiger partial charge in [0.1, 0.15) is 0 Å². The van der Waals surface area contributed by atoms with Crippen molar-refractivity contribution in [2.24, 2.45) is 0 Å². The molecule has 0 aliphatic rings. The smallest absolute Gasteiger partial charge is 0.322 e. The van der Waals surface area contributed by atoms with Crippen molar-refractivity contribution in [1.82, 2.24) is 0 Å². The second kappa shape index (κ2) is 2.44. The van der Waals surface area contributed by atoms with Crippen LogP contribution in [0.2, 0.25) is 0 Å². The van der Waals surface area contributed by atoms with E-state index in [0.717, 1.165) is 11.4 Å². The molecule has 9 heavy (non-hydrogen) atoms. The van der Waals surface area contributed by atoms with E-state index in [-0.39, 0.29) is 0 Å². The van der Waals surface area contributed by atoms with Crippen molar-refractivity contribution in [1.29, 1.82) is 0 Å². The zero-order chi connectivity index (χ0) is 6.69. The lowest BCUT2D eigenvalue weighted by molar-refractivity contribution is 0.616. The number of hydrogen-bond acceptors (Lipinski definition) is 2. The number of benzene rings is 1. The van der Waals surface area contributed by atoms with Crippen molar-refractivity contribution in [2.75, 3.05) is 5.73 Å². The van der Waals surface area contributed by atoms with Crippen LogP contribution in [0.15, 0.2) is 24.3 Å². The van der Waals surface area contributed by atoms with Crippen molar-refractivity contribution in [2.45, 2.75) is 0 Å². The summed E-state index contributed by atoms with van der Waals surface area (Å²) in [6, 6.07) is 7.27. The first-order valence-corrected chi connectivity index (χ1v) is 2.72. The SMILES string of the molecule is BOc1ccc(N)cc1. The van der Waals surface area contributed by atoms with E-state index in [9.17, 15) is 0 Å². The van der Waals surface area contributed by atoms with E-state index in [1.807, 2.05) is 12.1 Å². The van der Waals surface area contributed by atoms with Crippen LogP contribution in [0.1, 0.15) is 0 Å². The zero-order valence-electron chi connectivity index (χ0n) is 5.29. The highest BCUT2D eigenvalue weighted by Gasteiger charge is 1.85. The Morgan fingerprint density at radius 3 is 2.22 bits per heavy atom. The van der Waals surface area contributed by atoms with E-state index in [0.29, 0.717) is 0 Å². The predicted molar refractivity (Wildman–Crippen MR) is 40.0 cm³/mol. The summed E-state index contributed by atoms with van der Waals surface area (Å²) < 4.78 is 4.91. The Hall–Kier alpha value is -1.12. The summed E-state index contributed by atoms with van der Waals surface area (Å²) in [4.78, 5) is 0. The molecule has 0 fully saturated rings. The quantitative estimate of drug-likeness (QED) is 0.425. The summed E-state index contributed by atoms with van der Waals surface area (Å²) in [6.45, 7) is 0. The van der Waals surface area contributed by atoms with E-state index in [2.05, 4.69) is 0 Å². The Labute approximate surface area is 55.1 Å². The van der Waals surface area contributed by atoms with Gasteiger partial charge >= 0.3 is 8.05 Å². The van der Waals surface area contributed by atoms with Crippen molar-refractivity contribution >= 4 is 13.7 Å². The fourth-order valence-electron chi connectivity index (χ4n) is 0.604. The summed E-state index contributed by atoms with van der Waals surface area (Å²) in [5.74, 6) is 0.837. The van der Waals surface area contributed by atoms with Gasteiger partial charge in [0, 0.05) is 5.69 Å². The molecule has 1 aromatic carbocycles. The summed E-state index contributed by atoms with van der Waals surface area (Å²) in [7, 11) is 1.63. The molecular formula is C6H8BNO. The van der Waals surface area contributed by atoms with Crippen LogP contribution in [-0.4, -0.2) is 8.05 Å². The molecule has 0 heterocycles. The molecule has 2 N–H and O–H groups in total. The third-order valence-corrected chi connectivity index (χ3v) is 1.12. The third kappa shape index (κ3) is 1.39. The van der Waals surface area contributed by atoms with Gasteiger partial charge in [0.2, 0.25) is 0 Å². The third-order valence-electron chi connectivity index (χ3n) is 1.12. The Kier molecular flexibility index (Phi) is 1.63. The molecule has 0 bridgehead atoms. The maximum atomic E-state index is 5.43. The molecule has 0 saturated heterocycles. The molecule has 1 aromatic rings. The second-order valence-corrected chi connectivity index (χ2v) is 1.77. The molecule has 0 aliphatic carbocycles. The van der Waals surface area contributed by atoms with Crippen LogP contribution >= 0.6 is 0 Å². The van der Waals surface area contributed by atoms with Gasteiger partial charge in [-0.3, -0.25) is 0 Å². The monoisotopic (exact) mass is 121 g/mol. The number of hydrogen-bond donors (Lipinski definition) is 1. The van der Waals surface area contributed by atoms with Gasteiger partial charge in [-0.1, -0.05) is 0 Å². The molecule has 0 saturated carbocycles. The zero-order valence-corrected chi connectivity index (χ0v) is 5.29. The van der Waals surface area contributed by atoms with E-state index in [1.54, 1.807) is 20.2 Å². The van der Waals surface area contributed by atoms with Gasteiger partial charge in [-0.2, -0.15) is 0 Å². The van der Waals surface area contributed by atoms with E-state index in [1.165, 1.54) is 0 Å². The number of anilines is 1. The molecule has 46 valence electrons. The van der Waals surface area contributed by atoms with Gasteiger partial charge in [0.15, 0.2) is 0 Å². The second-order valence-electron chi connectivity index (χ2n) is 1.77. The maximum absolute atomic E-state index is 5.43. The molecule has 0 unspecified atom stereocenters. The van der Waals surface area contributed by atoms with E-state index >= 15 is 0 Å². The fraction of sp³-hybridized carbons (Fsp3) is 0. The molecule has 2 nitrogen and oxygen atoms in total. The summed E-state index contributed by atoms with van der Waals surface area (Å²) >= 11 is 0. The molecule has 3 heteroatoms. The Morgan fingerprint density at radius 2 is 1.78 bits per heavy atom. The molecule has 0 spiro atoms. The fourth-order valence-corrected chi connectivity index (χ4v) is 0.604. The van der Waals surface area contributed by atoms with E-state index < -0.39 is 0 Å². The highest BCUT2D eigenvalue weighted by molar-refractivity contribution is 5.99. The lowest BCUT2D eigenvalue weighted by atomic mass is 10.3. The molecule has 1 rings (SSSR count). The van der Waals surface area contributed by atoms with Gasteiger partial charge in [-0.15, -0.1) is 0 Å². The topological polar surface area (TPSA) is 35.2 Å². The highest BCUT2D eigenvalue weighted by Crippen LogP contribution is 2.11. The molecular weight excluding hydrogens is 113 g/mol. The van der Waals surface area contributed by atoms with Crippen molar-refractivity contribution < 1.29 is 4.65 Å². The van der Waals surface area contributed by atoms with Crippen molar-refractivity contribution in [3.05, 3.63) is 24.3 Å². The normalized spacial score (nSPS) is 8.89. The number of rotatable bonds is 1. The Morgan fingerprint density at radius 1 is 1.22 bits per heavy atom. The average molecular weight is 121 g/mol. The van der Waals surface area contributed by atoms with Crippen LogP contribution < -0.4 is 10.4 Å². The van der Waals surface area contributed by atoms with Crippen LogP contribution in [0.5, 0.6) is 5.75 Å². The first-order valence-electron chi connectivity index (χ1n) is 2.72. The van der Waals surface area contributed by atoms with Gasteiger partial charge < -0.3 is 10.4 Å². The maximum Gasteiger partial charge on any atom is 0.322 e. The highest BCUT2D eigenvalue weighted by atomic mass is 16.4. The van der Waals surface area contributed by atoms with Gasteiger partial charge in [0.25, 0.3) is 0 Å². The molecule has 0 atom stereocenters. The minimum absolute atomic E-state index is 0.760. The minimum Gasteiger partial charge on any atom is -0.568 e.